The molecule has 0 N–H and O–H groups in total. The van der Waals surface area contributed by atoms with E-state index in [0.717, 1.165) is 0 Å². The van der Waals surface area contributed by atoms with Crippen LogP contribution in [0.25, 0.3) is 0 Å². The molecule has 0 bridgehead atoms. The molecule has 0 heterocycles. The van der Waals surface area contributed by atoms with Gasteiger partial charge < -0.3 is 0 Å². The minimum atomic E-state index is 0.394. The van der Waals surface area contributed by atoms with Gasteiger partial charge in [-0.2, -0.15) is 0 Å². The van der Waals surface area contributed by atoms with Crippen LogP contribution in [0.2, 0.25) is 0 Å². The van der Waals surface area contributed by atoms with Crippen molar-refractivity contribution in [1.29, 1.82) is 0 Å². The van der Waals surface area contributed by atoms with Crippen LogP contribution in [0.4, 0.5) is 0 Å². The summed E-state index contributed by atoms with van der Waals surface area (Å²) in [5.41, 5.74) is 3.09. The molecule has 0 radical (unpaired) electrons. The van der Waals surface area contributed by atoms with Gasteiger partial charge in [-0.3, -0.25) is 0 Å². The zero-order valence-corrected chi connectivity index (χ0v) is 13.1. The van der Waals surface area contributed by atoms with Crippen molar-refractivity contribution in [3.63, 3.8) is 0 Å². The van der Waals surface area contributed by atoms with Gasteiger partial charge in [0.1, 0.15) is 0 Å². The van der Waals surface area contributed by atoms with Gasteiger partial charge in [0.15, 0.2) is 0 Å². The minimum Gasteiger partial charge on any atom is -0.0879 e. The molecule has 1 rings (SSSR count). The summed E-state index contributed by atoms with van der Waals surface area (Å²) < 4.78 is 0. The Kier molecular flexibility index (Phi) is 4.16. The third kappa shape index (κ3) is 3.14. The van der Waals surface area contributed by atoms with E-state index in [9.17, 15) is 0 Å². The van der Waals surface area contributed by atoms with Gasteiger partial charge in [0.05, 0.1) is 0 Å². The second-order valence-electron chi connectivity index (χ2n) is 7.71. The summed E-state index contributed by atoms with van der Waals surface area (Å²) in [6.07, 6.45) is 9.24. The molecule has 0 aromatic heterocycles. The van der Waals surface area contributed by atoms with E-state index in [1.165, 1.54) is 32.1 Å². The molecule has 0 saturated heterocycles. The lowest BCUT2D eigenvalue weighted by molar-refractivity contribution is 0.199. The van der Waals surface area contributed by atoms with Crippen LogP contribution >= 0.6 is 0 Å². The predicted octanol–water partition coefficient (Wildman–Crippen LogP) is 5.98. The molecule has 0 aliphatic heterocycles. The standard InChI is InChI=1S/C17H32/c1-8-10-17(11-12-17)16(6,7)14(9-2)13-15(3,4)5/h9H,8,10-13H2,1-7H3/b14-9-. The Hall–Kier alpha value is -0.260. The highest BCUT2D eigenvalue weighted by atomic mass is 14.6. The topological polar surface area (TPSA) is 0 Å². The third-order valence-corrected chi connectivity index (χ3v) is 4.78. The van der Waals surface area contributed by atoms with Gasteiger partial charge in [-0.25, -0.2) is 0 Å². The van der Waals surface area contributed by atoms with E-state index in [1.807, 2.05) is 0 Å². The maximum Gasteiger partial charge on any atom is -0.00882 e. The Morgan fingerprint density at radius 3 is 1.94 bits per heavy atom. The molecule has 1 aliphatic rings. The highest BCUT2D eigenvalue weighted by Gasteiger charge is 2.54. The third-order valence-electron chi connectivity index (χ3n) is 4.78. The molecule has 0 nitrogen and oxygen atoms in total. The molecule has 1 saturated carbocycles. The summed E-state index contributed by atoms with van der Waals surface area (Å²) in [4.78, 5) is 0. The van der Waals surface area contributed by atoms with Crippen LogP contribution in [-0.2, 0) is 0 Å². The van der Waals surface area contributed by atoms with Crippen LogP contribution in [0.3, 0.4) is 0 Å². The van der Waals surface area contributed by atoms with Crippen LogP contribution in [0.5, 0.6) is 0 Å². The predicted molar refractivity (Wildman–Crippen MR) is 78.2 cm³/mol. The SMILES string of the molecule is C/C=C(/CC(C)(C)C)C(C)(C)C1(CCC)CC1. The minimum absolute atomic E-state index is 0.394. The van der Waals surface area contributed by atoms with E-state index in [2.05, 4.69) is 54.5 Å². The van der Waals surface area contributed by atoms with E-state index in [1.54, 1.807) is 5.57 Å². The molecule has 17 heavy (non-hydrogen) atoms. The first-order chi connectivity index (χ1) is 7.68. The fourth-order valence-corrected chi connectivity index (χ4v) is 3.41. The van der Waals surface area contributed by atoms with Crippen molar-refractivity contribution < 1.29 is 0 Å². The Morgan fingerprint density at radius 2 is 1.65 bits per heavy atom. The molecular weight excluding hydrogens is 204 g/mol. The number of rotatable bonds is 5. The van der Waals surface area contributed by atoms with E-state index < -0.39 is 0 Å². The van der Waals surface area contributed by atoms with E-state index >= 15 is 0 Å². The Bertz CT molecular complexity index is 282. The molecule has 0 spiro atoms. The van der Waals surface area contributed by atoms with Crippen molar-refractivity contribution >= 4 is 0 Å². The van der Waals surface area contributed by atoms with Gasteiger partial charge in [-0.05, 0) is 48.9 Å². The van der Waals surface area contributed by atoms with Gasteiger partial charge in [-0.1, -0.05) is 59.6 Å². The lowest BCUT2D eigenvalue weighted by Crippen LogP contribution is -2.30. The van der Waals surface area contributed by atoms with Crippen LogP contribution < -0.4 is 0 Å². The highest BCUT2D eigenvalue weighted by molar-refractivity contribution is 5.22. The lowest BCUT2D eigenvalue weighted by atomic mass is 9.65. The molecule has 0 amide bonds. The highest BCUT2D eigenvalue weighted by Crippen LogP contribution is 2.65. The van der Waals surface area contributed by atoms with Crippen LogP contribution in [0, 0.1) is 16.2 Å². The zero-order chi connectivity index (χ0) is 13.3. The van der Waals surface area contributed by atoms with Crippen molar-refractivity contribution in [1.82, 2.24) is 0 Å². The maximum absolute atomic E-state index is 2.48. The summed E-state index contributed by atoms with van der Waals surface area (Å²) in [6, 6.07) is 0. The molecule has 0 aromatic rings. The van der Waals surface area contributed by atoms with Crippen LogP contribution in [-0.4, -0.2) is 0 Å². The van der Waals surface area contributed by atoms with Crippen LogP contribution in [0.1, 0.15) is 80.6 Å². The first-order valence-corrected chi connectivity index (χ1v) is 7.34. The fourth-order valence-electron chi connectivity index (χ4n) is 3.41. The molecular formula is C17H32. The van der Waals surface area contributed by atoms with Crippen molar-refractivity contribution in [2.24, 2.45) is 16.2 Å². The van der Waals surface area contributed by atoms with E-state index in [0.29, 0.717) is 16.2 Å². The molecule has 1 fully saturated rings. The second kappa shape index (κ2) is 4.78. The first-order valence-electron chi connectivity index (χ1n) is 7.34. The smallest absolute Gasteiger partial charge is 0.00882 e. The average molecular weight is 236 g/mol. The quantitative estimate of drug-likeness (QED) is 0.515. The van der Waals surface area contributed by atoms with Gasteiger partial charge in [0.2, 0.25) is 0 Å². The maximum atomic E-state index is 2.48. The summed E-state index contributed by atoms with van der Waals surface area (Å²) in [7, 11) is 0. The summed E-state index contributed by atoms with van der Waals surface area (Å²) >= 11 is 0. The monoisotopic (exact) mass is 236 g/mol. The van der Waals surface area contributed by atoms with Gasteiger partial charge in [0.25, 0.3) is 0 Å². The zero-order valence-electron chi connectivity index (χ0n) is 13.1. The molecule has 0 aromatic carbocycles. The van der Waals surface area contributed by atoms with Crippen LogP contribution in [0.15, 0.2) is 11.6 Å². The Morgan fingerprint density at radius 1 is 1.12 bits per heavy atom. The largest absolute Gasteiger partial charge is 0.0879 e. The summed E-state index contributed by atoms with van der Waals surface area (Å²) in [5, 5.41) is 0. The van der Waals surface area contributed by atoms with Gasteiger partial charge in [-0.15, -0.1) is 0 Å². The molecule has 100 valence electrons. The Labute approximate surface area is 109 Å². The van der Waals surface area contributed by atoms with Crippen molar-refractivity contribution in [3.05, 3.63) is 11.6 Å². The molecule has 0 atom stereocenters. The molecule has 0 heteroatoms. The normalized spacial score (nSPS) is 20.5. The van der Waals surface area contributed by atoms with Gasteiger partial charge >= 0.3 is 0 Å². The molecule has 0 unspecified atom stereocenters. The first kappa shape index (κ1) is 14.8. The number of hydrogen-bond donors (Lipinski definition) is 0. The van der Waals surface area contributed by atoms with Crippen molar-refractivity contribution in [2.75, 3.05) is 0 Å². The van der Waals surface area contributed by atoms with E-state index in [4.69, 9.17) is 0 Å². The summed E-state index contributed by atoms with van der Waals surface area (Å²) in [6.45, 7) is 16.6. The van der Waals surface area contributed by atoms with Crippen molar-refractivity contribution in [3.8, 4) is 0 Å². The average Bonchev–Trinajstić information content (AvgIpc) is 2.94. The number of hydrogen-bond acceptors (Lipinski definition) is 0. The Balaban J connectivity index is 2.88. The summed E-state index contributed by atoms with van der Waals surface area (Å²) in [5.74, 6) is 0. The van der Waals surface area contributed by atoms with E-state index in [-0.39, 0.29) is 0 Å². The van der Waals surface area contributed by atoms with Gasteiger partial charge in [0, 0.05) is 0 Å². The van der Waals surface area contributed by atoms with Crippen molar-refractivity contribution in [2.45, 2.75) is 80.6 Å². The second-order valence-corrected chi connectivity index (χ2v) is 7.71. The fraction of sp³-hybridized carbons (Fsp3) is 0.882. The lowest BCUT2D eigenvalue weighted by Gasteiger charge is -2.40. The molecule has 1 aliphatic carbocycles. The number of allylic oxidation sites excluding steroid dienone is 2.